The third kappa shape index (κ3) is 2.77. The Morgan fingerprint density at radius 2 is 2.12 bits per heavy atom. The first kappa shape index (κ1) is 16.4. The van der Waals surface area contributed by atoms with Crippen LogP contribution in [0.2, 0.25) is 0 Å². The van der Waals surface area contributed by atoms with Crippen LogP contribution in [0, 0.1) is 11.4 Å². The summed E-state index contributed by atoms with van der Waals surface area (Å²) in [5.74, 6) is 1.15. The van der Waals surface area contributed by atoms with Gasteiger partial charge in [0.1, 0.15) is 11.5 Å². The second kappa shape index (κ2) is 6.70. The van der Waals surface area contributed by atoms with Crippen LogP contribution >= 0.6 is 0 Å². The largest absolute Gasteiger partial charge is 0.522 e. The number of hydrogen-bond donors (Lipinski definition) is 1. The van der Waals surface area contributed by atoms with Gasteiger partial charge >= 0.3 is 0 Å². The van der Waals surface area contributed by atoms with Gasteiger partial charge in [0.05, 0.1) is 25.8 Å². The van der Waals surface area contributed by atoms with Gasteiger partial charge in [-0.05, 0) is 23.7 Å². The number of nitrogens with two attached hydrogens (primary N) is 1. The quantitative estimate of drug-likeness (QED) is 0.314. The zero-order chi connectivity index (χ0) is 18.1. The summed E-state index contributed by atoms with van der Waals surface area (Å²) in [6.07, 6.45) is 5.30. The number of carbonyl (C=O) groups excluding carboxylic acids is 1. The van der Waals surface area contributed by atoms with Crippen LogP contribution < -0.4 is 19.4 Å². The molecule has 3 aromatic rings. The van der Waals surface area contributed by atoms with Crippen molar-refractivity contribution in [3.8, 4) is 11.5 Å². The Labute approximate surface area is 154 Å². The Bertz CT molecular complexity index is 984. The molecule has 0 radical (unpaired) electrons. The Kier molecular flexibility index (Phi) is 4.24. The zero-order valence-electron chi connectivity index (χ0n) is 14.3. The molecule has 1 aromatic carbocycles. The third-order valence-electron chi connectivity index (χ3n) is 4.21. The lowest BCUT2D eigenvalue weighted by Crippen LogP contribution is -2.88. The van der Waals surface area contributed by atoms with Crippen LogP contribution in [-0.4, -0.2) is 30.5 Å². The highest BCUT2D eigenvalue weighted by atomic mass is 32.1. The highest BCUT2D eigenvalue weighted by molar-refractivity contribution is 7.81. The lowest BCUT2D eigenvalue weighted by Gasteiger charge is -2.16. The molecule has 0 bridgehead atoms. The van der Waals surface area contributed by atoms with Gasteiger partial charge < -0.3 is 19.8 Å². The summed E-state index contributed by atoms with van der Waals surface area (Å²) < 4.78 is 12.3. The van der Waals surface area contributed by atoms with Gasteiger partial charge in [0.2, 0.25) is 0 Å². The van der Waals surface area contributed by atoms with Crippen molar-refractivity contribution in [3.63, 3.8) is 0 Å². The van der Waals surface area contributed by atoms with E-state index >= 15 is 0 Å². The van der Waals surface area contributed by atoms with E-state index in [2.05, 4.69) is 4.98 Å². The van der Waals surface area contributed by atoms with Crippen molar-refractivity contribution in [2.45, 2.75) is 0 Å². The molecule has 0 saturated heterocycles. The zero-order valence-corrected chi connectivity index (χ0v) is 15.1. The summed E-state index contributed by atoms with van der Waals surface area (Å²) in [5.41, 5.74) is 1.78. The van der Waals surface area contributed by atoms with Crippen molar-refractivity contribution in [3.05, 3.63) is 65.9 Å². The van der Waals surface area contributed by atoms with Crippen molar-refractivity contribution in [1.29, 1.82) is 0 Å². The van der Waals surface area contributed by atoms with E-state index in [1.165, 1.54) is 11.4 Å². The van der Waals surface area contributed by atoms with Crippen molar-refractivity contribution in [2.24, 2.45) is 0 Å². The standard InChI is InChI=1S/C19H17N3O3S/c1-24-16-8-12-5-7-22(15(12)9-17(16)25-2)19(23)14-11-26-18(21-14)13-4-3-6-20-10-13/h3-11H,21H2,1-2H3. The molecule has 0 saturated carbocycles. The number of ether oxygens (including phenoxy) is 2. The van der Waals surface area contributed by atoms with E-state index in [0.717, 1.165) is 21.8 Å². The number of benzene rings is 1. The Hall–Kier alpha value is -3.03. The molecular weight excluding hydrogens is 350 g/mol. The van der Waals surface area contributed by atoms with E-state index in [0.29, 0.717) is 17.5 Å². The first-order valence-electron chi connectivity index (χ1n) is 7.98. The summed E-state index contributed by atoms with van der Waals surface area (Å²) in [5, 5.41) is 5.70. The molecule has 26 heavy (non-hydrogen) atoms. The summed E-state index contributed by atoms with van der Waals surface area (Å²) in [4.78, 5) is 17.1. The smallest absolute Gasteiger partial charge is 0.267 e. The summed E-state index contributed by atoms with van der Waals surface area (Å²) in [6, 6.07) is 10.1. The number of pyridine rings is 1. The van der Waals surface area contributed by atoms with Crippen LogP contribution in [0.5, 0.6) is 11.5 Å². The van der Waals surface area contributed by atoms with Crippen molar-refractivity contribution < 1.29 is 24.2 Å². The number of nitrogens with zero attached hydrogens (tertiary/aromatic N) is 2. The number of rotatable bonds is 4. The van der Waals surface area contributed by atoms with Crippen LogP contribution in [-0.2, 0) is 11.4 Å². The van der Waals surface area contributed by atoms with Crippen LogP contribution in [0.1, 0.15) is 10.4 Å². The lowest BCUT2D eigenvalue weighted by atomic mass is 10.2. The van der Waals surface area contributed by atoms with Gasteiger partial charge in [0.25, 0.3) is 11.3 Å². The fourth-order valence-electron chi connectivity index (χ4n) is 2.89. The minimum absolute atomic E-state index is 0.0846. The molecule has 0 amide bonds. The van der Waals surface area contributed by atoms with Gasteiger partial charge in [-0.2, -0.15) is 0 Å². The van der Waals surface area contributed by atoms with Crippen molar-refractivity contribution >= 4 is 33.5 Å². The van der Waals surface area contributed by atoms with Crippen molar-refractivity contribution in [2.75, 3.05) is 14.2 Å². The monoisotopic (exact) mass is 367 g/mol. The average Bonchev–Trinajstić information content (AvgIpc) is 3.34. The fourth-order valence-corrected chi connectivity index (χ4v) is 3.76. The highest BCUT2D eigenvalue weighted by Crippen LogP contribution is 2.31. The van der Waals surface area contributed by atoms with E-state index in [-0.39, 0.29) is 5.91 Å². The van der Waals surface area contributed by atoms with E-state index in [9.17, 15) is 4.79 Å². The van der Waals surface area contributed by atoms with Crippen LogP contribution in [0.4, 0.5) is 0 Å². The molecule has 0 fully saturated rings. The maximum absolute atomic E-state index is 13.0. The number of aromatic nitrogens is 2. The number of methoxy groups -OCH3 is 2. The maximum Gasteiger partial charge on any atom is 0.267 e. The number of carbonyl (C=O) groups is 1. The molecule has 7 heteroatoms. The van der Waals surface area contributed by atoms with Crippen LogP contribution in [0.3, 0.4) is 0 Å². The predicted octanol–water partition coefficient (Wildman–Crippen LogP) is 0.430. The molecule has 1 aliphatic rings. The molecule has 2 aromatic heterocycles. The third-order valence-corrected chi connectivity index (χ3v) is 5.19. The van der Waals surface area contributed by atoms with E-state index < -0.39 is 0 Å². The molecule has 6 nitrogen and oxygen atoms in total. The number of quaternary nitrogens is 1. The Morgan fingerprint density at radius 3 is 2.85 bits per heavy atom. The molecule has 1 aliphatic heterocycles. The minimum Gasteiger partial charge on any atom is -0.522 e. The highest BCUT2D eigenvalue weighted by Gasteiger charge is 2.30. The first-order chi connectivity index (χ1) is 12.7. The number of hydrogen-bond acceptors (Lipinski definition) is 4. The maximum atomic E-state index is 13.0. The van der Waals surface area contributed by atoms with Gasteiger partial charge in [-0.1, -0.05) is 30.0 Å². The summed E-state index contributed by atoms with van der Waals surface area (Å²) >= 11 is 1.53. The molecule has 4 rings (SSSR count). The Morgan fingerprint density at radius 1 is 1.27 bits per heavy atom. The number of fused-ring (bicyclic) bond motifs is 1. The normalized spacial score (nSPS) is 13.5. The van der Waals surface area contributed by atoms with E-state index in [4.69, 9.17) is 9.47 Å². The van der Waals surface area contributed by atoms with E-state index in [1.54, 1.807) is 37.4 Å². The van der Waals surface area contributed by atoms with Gasteiger partial charge in [-0.25, -0.2) is 4.57 Å². The second-order valence-electron chi connectivity index (χ2n) is 5.70. The van der Waals surface area contributed by atoms with Gasteiger partial charge in [-0.3, -0.25) is 4.79 Å². The first-order valence-corrected chi connectivity index (χ1v) is 8.86. The van der Waals surface area contributed by atoms with Gasteiger partial charge in [-0.15, -0.1) is 6.07 Å². The van der Waals surface area contributed by atoms with Crippen LogP contribution in [0.15, 0.2) is 48.9 Å². The predicted molar refractivity (Wildman–Crippen MR) is 98.6 cm³/mol. The average molecular weight is 367 g/mol. The SMILES string of the molecule is COc1cc2cc[n+](C(=O)[C-]3C=[S+][C-](c4cccnc4)[NH2+]3)[c-]2cc1OC. The van der Waals surface area contributed by atoms with Gasteiger partial charge in [0, 0.05) is 0 Å². The Balaban J connectivity index is 1.62. The molecule has 0 unspecified atom stereocenters. The van der Waals surface area contributed by atoms with E-state index in [1.807, 2.05) is 41.0 Å². The summed E-state index contributed by atoms with van der Waals surface area (Å²) in [7, 11) is 3.18. The fraction of sp³-hybridized carbons (Fsp3) is 0.105. The van der Waals surface area contributed by atoms with Gasteiger partial charge in [0.15, 0.2) is 16.9 Å². The minimum atomic E-state index is -0.0846. The molecular formula is C19H17N3O3S. The molecule has 2 N–H and O–H groups in total. The lowest BCUT2D eigenvalue weighted by molar-refractivity contribution is -0.612. The second-order valence-corrected chi connectivity index (χ2v) is 6.61. The topological polar surface area (TPSA) is 68.9 Å². The van der Waals surface area contributed by atoms with Crippen molar-refractivity contribution in [1.82, 2.24) is 4.98 Å². The molecule has 132 valence electrons. The molecule has 0 aliphatic carbocycles. The molecule has 0 spiro atoms. The molecule has 3 heterocycles. The van der Waals surface area contributed by atoms with Crippen LogP contribution in [0.25, 0.3) is 10.9 Å². The summed E-state index contributed by atoms with van der Waals surface area (Å²) in [6.45, 7) is 0. The molecule has 0 atom stereocenters.